The van der Waals surface area contributed by atoms with Crippen LogP contribution in [-0.4, -0.2) is 59.6 Å². The number of nitrogens with one attached hydrogen (secondary N) is 1. The molecule has 0 amide bonds. The molecule has 1 atom stereocenters. The summed E-state index contributed by atoms with van der Waals surface area (Å²) in [5.74, 6) is 0. The predicted octanol–water partition coefficient (Wildman–Crippen LogP) is -0.326. The maximum absolute atomic E-state index is 12.1. The van der Waals surface area contributed by atoms with Gasteiger partial charge in [-0.3, -0.25) is 0 Å². The average molecular weight is 298 g/mol. The van der Waals surface area contributed by atoms with Crippen LogP contribution >= 0.6 is 0 Å². The third-order valence-corrected chi connectivity index (χ3v) is 5.15. The molecule has 1 unspecified atom stereocenters. The Bertz CT molecular complexity index is 561. The Morgan fingerprint density at radius 2 is 2.05 bits per heavy atom. The van der Waals surface area contributed by atoms with E-state index in [1.165, 1.54) is 7.05 Å². The van der Waals surface area contributed by atoms with Crippen LogP contribution in [0.25, 0.3) is 0 Å². The van der Waals surface area contributed by atoms with Crippen LogP contribution in [0.4, 0.5) is 5.69 Å². The number of anilines is 1. The molecular formula is C13H22N4O2S. The Kier molecular flexibility index (Phi) is 4.64. The van der Waals surface area contributed by atoms with E-state index < -0.39 is 10.0 Å². The van der Waals surface area contributed by atoms with Crippen molar-refractivity contribution in [3.63, 3.8) is 0 Å². The van der Waals surface area contributed by atoms with Crippen LogP contribution in [0.3, 0.4) is 0 Å². The Balaban J connectivity index is 2.42. The third kappa shape index (κ3) is 2.95. The lowest BCUT2D eigenvalue weighted by molar-refractivity contribution is 0.269. The summed E-state index contributed by atoms with van der Waals surface area (Å²) < 4.78 is 26.7. The van der Waals surface area contributed by atoms with Gasteiger partial charge in [-0.1, -0.05) is 12.1 Å². The van der Waals surface area contributed by atoms with Gasteiger partial charge in [-0.05, 0) is 26.2 Å². The van der Waals surface area contributed by atoms with Gasteiger partial charge < -0.3 is 15.5 Å². The quantitative estimate of drug-likeness (QED) is 0.796. The minimum atomic E-state index is -3.47. The maximum atomic E-state index is 12.1. The van der Waals surface area contributed by atoms with Crippen LogP contribution in [0.5, 0.6) is 0 Å². The summed E-state index contributed by atoms with van der Waals surface area (Å²) in [6, 6.07) is 7.20. The highest BCUT2D eigenvalue weighted by Crippen LogP contribution is 2.27. The van der Waals surface area contributed by atoms with E-state index >= 15 is 0 Å². The molecule has 1 heterocycles. The first-order valence-electron chi connectivity index (χ1n) is 6.67. The zero-order valence-electron chi connectivity index (χ0n) is 11.9. The molecule has 0 saturated carbocycles. The number of nitrogens with two attached hydrogens (primary N) is 1. The van der Waals surface area contributed by atoms with Gasteiger partial charge in [-0.2, -0.15) is 0 Å². The maximum Gasteiger partial charge on any atom is 0.242 e. The minimum Gasteiger partial charge on any atom is -0.364 e. The van der Waals surface area contributed by atoms with Crippen molar-refractivity contribution in [2.75, 3.05) is 45.2 Å². The van der Waals surface area contributed by atoms with Crippen LogP contribution in [0, 0.1) is 0 Å². The second-order valence-corrected chi connectivity index (χ2v) is 6.88. The molecule has 0 spiro atoms. The Hall–Kier alpha value is -1.15. The van der Waals surface area contributed by atoms with E-state index in [0.29, 0.717) is 11.4 Å². The van der Waals surface area contributed by atoms with Crippen molar-refractivity contribution in [3.8, 4) is 0 Å². The van der Waals surface area contributed by atoms with Crippen LogP contribution in [-0.2, 0) is 10.0 Å². The monoisotopic (exact) mass is 298 g/mol. The molecule has 0 bridgehead atoms. The van der Waals surface area contributed by atoms with Gasteiger partial charge >= 0.3 is 0 Å². The van der Waals surface area contributed by atoms with Crippen LogP contribution in [0.15, 0.2) is 29.2 Å². The van der Waals surface area contributed by atoms with Crippen LogP contribution in [0.1, 0.15) is 0 Å². The van der Waals surface area contributed by atoms with Crippen molar-refractivity contribution in [2.24, 2.45) is 5.73 Å². The number of rotatable bonds is 4. The van der Waals surface area contributed by atoms with E-state index in [0.717, 1.165) is 25.3 Å². The zero-order valence-corrected chi connectivity index (χ0v) is 12.7. The molecule has 0 aliphatic carbocycles. The fourth-order valence-corrected chi connectivity index (χ4v) is 3.50. The van der Waals surface area contributed by atoms with E-state index in [1.807, 2.05) is 12.1 Å². The molecule has 1 aromatic rings. The Morgan fingerprint density at radius 3 is 2.70 bits per heavy atom. The molecule has 7 heteroatoms. The molecular weight excluding hydrogens is 276 g/mol. The van der Waals surface area contributed by atoms with Gasteiger partial charge in [-0.15, -0.1) is 0 Å². The van der Waals surface area contributed by atoms with Crippen molar-refractivity contribution < 1.29 is 8.42 Å². The number of hydrogen-bond donors (Lipinski definition) is 2. The van der Waals surface area contributed by atoms with E-state index in [2.05, 4.69) is 21.6 Å². The second kappa shape index (κ2) is 6.09. The van der Waals surface area contributed by atoms with E-state index in [9.17, 15) is 8.42 Å². The lowest BCUT2D eigenvalue weighted by Gasteiger charge is -2.41. The largest absolute Gasteiger partial charge is 0.364 e. The molecule has 2 rings (SSSR count). The van der Waals surface area contributed by atoms with Gasteiger partial charge in [0.15, 0.2) is 0 Å². The van der Waals surface area contributed by atoms with Gasteiger partial charge in [0.1, 0.15) is 4.90 Å². The topological polar surface area (TPSA) is 78.7 Å². The lowest BCUT2D eigenvalue weighted by Crippen LogP contribution is -2.55. The van der Waals surface area contributed by atoms with Crippen LogP contribution in [0.2, 0.25) is 0 Å². The summed E-state index contributed by atoms with van der Waals surface area (Å²) in [5.41, 5.74) is 6.58. The van der Waals surface area contributed by atoms with Gasteiger partial charge in [0.2, 0.25) is 10.0 Å². The predicted molar refractivity (Wildman–Crippen MR) is 80.4 cm³/mol. The molecule has 1 aliphatic rings. The summed E-state index contributed by atoms with van der Waals surface area (Å²) in [7, 11) is 0.00949. The zero-order chi connectivity index (χ0) is 14.8. The standard InChI is InChI=1S/C13H22N4O2S/c1-15-20(18,19)13-6-4-3-5-12(13)17-8-7-16(2)10-11(17)9-14/h3-6,11,15H,7-10,14H2,1-2H3. The van der Waals surface area contributed by atoms with Gasteiger partial charge in [0, 0.05) is 26.2 Å². The van der Waals surface area contributed by atoms with Gasteiger partial charge in [0.25, 0.3) is 0 Å². The molecule has 1 aromatic carbocycles. The van der Waals surface area contributed by atoms with E-state index in [1.54, 1.807) is 12.1 Å². The van der Waals surface area contributed by atoms with Crippen molar-refractivity contribution in [3.05, 3.63) is 24.3 Å². The molecule has 20 heavy (non-hydrogen) atoms. The molecule has 1 aliphatic heterocycles. The van der Waals surface area contributed by atoms with Gasteiger partial charge in [-0.25, -0.2) is 13.1 Å². The average Bonchev–Trinajstić information content (AvgIpc) is 2.47. The number of likely N-dealkylation sites (N-methyl/N-ethyl adjacent to an activating group) is 1. The highest BCUT2D eigenvalue weighted by molar-refractivity contribution is 7.89. The second-order valence-electron chi connectivity index (χ2n) is 5.02. The minimum absolute atomic E-state index is 0.127. The number of nitrogens with zero attached hydrogens (tertiary/aromatic N) is 2. The van der Waals surface area contributed by atoms with Crippen molar-refractivity contribution in [2.45, 2.75) is 10.9 Å². The fraction of sp³-hybridized carbons (Fsp3) is 0.538. The first kappa shape index (κ1) is 15.2. The third-order valence-electron chi connectivity index (χ3n) is 3.69. The van der Waals surface area contributed by atoms with E-state index in [-0.39, 0.29) is 6.04 Å². The summed E-state index contributed by atoms with van der Waals surface area (Å²) >= 11 is 0. The molecule has 1 fully saturated rings. The summed E-state index contributed by atoms with van der Waals surface area (Å²) in [5, 5.41) is 0. The number of sulfonamides is 1. The molecule has 6 nitrogen and oxygen atoms in total. The first-order chi connectivity index (χ1) is 9.49. The van der Waals surface area contributed by atoms with Crippen molar-refractivity contribution >= 4 is 15.7 Å². The lowest BCUT2D eigenvalue weighted by atomic mass is 10.1. The van der Waals surface area contributed by atoms with E-state index in [4.69, 9.17) is 5.73 Å². The Labute approximate surface area is 120 Å². The van der Waals surface area contributed by atoms with Crippen LogP contribution < -0.4 is 15.4 Å². The fourth-order valence-electron chi connectivity index (χ4n) is 2.56. The molecule has 3 N–H and O–H groups in total. The number of hydrogen-bond acceptors (Lipinski definition) is 5. The normalized spacial score (nSPS) is 21.1. The van der Waals surface area contributed by atoms with Gasteiger partial charge in [0.05, 0.1) is 11.7 Å². The molecule has 1 saturated heterocycles. The SMILES string of the molecule is CNS(=O)(=O)c1ccccc1N1CCN(C)CC1CN. The molecule has 0 aromatic heterocycles. The number of piperazine rings is 1. The number of benzene rings is 1. The number of para-hydroxylation sites is 1. The summed E-state index contributed by atoms with van der Waals surface area (Å²) in [4.78, 5) is 4.62. The summed E-state index contributed by atoms with van der Waals surface area (Å²) in [6.07, 6.45) is 0. The molecule has 112 valence electrons. The van der Waals surface area contributed by atoms with Crippen molar-refractivity contribution in [1.82, 2.24) is 9.62 Å². The van der Waals surface area contributed by atoms with Crippen molar-refractivity contribution in [1.29, 1.82) is 0 Å². The molecule has 0 radical (unpaired) electrons. The highest BCUT2D eigenvalue weighted by atomic mass is 32.2. The smallest absolute Gasteiger partial charge is 0.242 e. The summed E-state index contributed by atoms with van der Waals surface area (Å²) in [6.45, 7) is 3.00. The first-order valence-corrected chi connectivity index (χ1v) is 8.15. The highest BCUT2D eigenvalue weighted by Gasteiger charge is 2.28. The Morgan fingerprint density at radius 1 is 1.35 bits per heavy atom.